The highest BCUT2D eigenvalue weighted by atomic mass is 16.5. The van der Waals surface area contributed by atoms with Gasteiger partial charge in [-0.3, -0.25) is 0 Å². The van der Waals surface area contributed by atoms with Crippen LogP contribution in [0.5, 0.6) is 11.5 Å². The molecule has 5 heteroatoms. The largest absolute Gasteiger partial charge is 0.493 e. The lowest BCUT2D eigenvalue weighted by atomic mass is 10.2. The van der Waals surface area contributed by atoms with Gasteiger partial charge in [0.1, 0.15) is 0 Å². The fourth-order valence-electron chi connectivity index (χ4n) is 1.75. The minimum Gasteiger partial charge on any atom is -0.493 e. The van der Waals surface area contributed by atoms with Crippen molar-refractivity contribution in [1.82, 2.24) is 10.2 Å². The molecule has 0 atom stereocenters. The molecule has 0 aliphatic carbocycles. The van der Waals surface area contributed by atoms with Gasteiger partial charge in [-0.05, 0) is 23.6 Å². The zero-order valence-corrected chi connectivity index (χ0v) is 12.9. The summed E-state index contributed by atoms with van der Waals surface area (Å²) in [5.41, 5.74) is 0.991. The molecule has 1 aromatic rings. The number of nitrogens with one attached hydrogen (secondary N) is 1. The maximum absolute atomic E-state index is 11.9. The Hall–Kier alpha value is -1.91. The number of carbonyl (C=O) groups excluding carboxylic acids is 1. The fraction of sp³-hybridized carbons (Fsp3) is 0.533. The van der Waals surface area contributed by atoms with Crippen LogP contribution < -0.4 is 14.8 Å². The first-order valence-corrected chi connectivity index (χ1v) is 6.67. The third-order valence-corrected chi connectivity index (χ3v) is 2.88. The standard InChI is InChI=1S/C15H24N2O3/c1-11(2)9-16-15(18)17(3)10-12-6-7-13(19-4)14(8-12)20-5/h6-8,11H,9-10H2,1-5H3,(H,16,18). The summed E-state index contributed by atoms with van der Waals surface area (Å²) in [5.74, 6) is 1.79. The molecule has 5 nitrogen and oxygen atoms in total. The Morgan fingerprint density at radius 3 is 2.45 bits per heavy atom. The average molecular weight is 280 g/mol. The van der Waals surface area contributed by atoms with Crippen molar-refractivity contribution in [1.29, 1.82) is 0 Å². The molecule has 1 rings (SSSR count). The van der Waals surface area contributed by atoms with Crippen LogP contribution >= 0.6 is 0 Å². The number of rotatable bonds is 6. The summed E-state index contributed by atoms with van der Waals surface area (Å²) in [6.45, 7) is 5.32. The van der Waals surface area contributed by atoms with Crippen molar-refractivity contribution in [3.63, 3.8) is 0 Å². The van der Waals surface area contributed by atoms with E-state index in [1.165, 1.54) is 0 Å². The van der Waals surface area contributed by atoms with E-state index in [4.69, 9.17) is 9.47 Å². The average Bonchev–Trinajstić information content (AvgIpc) is 2.44. The second-order valence-corrected chi connectivity index (χ2v) is 5.13. The molecule has 0 aliphatic heterocycles. The van der Waals surface area contributed by atoms with Gasteiger partial charge in [0.15, 0.2) is 11.5 Å². The van der Waals surface area contributed by atoms with Gasteiger partial charge in [0, 0.05) is 20.1 Å². The lowest BCUT2D eigenvalue weighted by Crippen LogP contribution is -2.38. The highest BCUT2D eigenvalue weighted by molar-refractivity contribution is 5.73. The molecule has 0 aliphatic rings. The zero-order chi connectivity index (χ0) is 15.1. The van der Waals surface area contributed by atoms with Gasteiger partial charge >= 0.3 is 6.03 Å². The van der Waals surface area contributed by atoms with E-state index in [1.807, 2.05) is 18.2 Å². The molecule has 0 heterocycles. The maximum atomic E-state index is 11.9. The number of carbonyl (C=O) groups is 1. The number of amides is 2. The highest BCUT2D eigenvalue weighted by Gasteiger charge is 2.11. The van der Waals surface area contributed by atoms with Crippen LogP contribution in [0.15, 0.2) is 18.2 Å². The van der Waals surface area contributed by atoms with E-state index < -0.39 is 0 Å². The Balaban J connectivity index is 2.65. The summed E-state index contributed by atoms with van der Waals surface area (Å²) in [7, 11) is 4.97. The van der Waals surface area contributed by atoms with Crippen molar-refractivity contribution in [2.75, 3.05) is 27.8 Å². The zero-order valence-electron chi connectivity index (χ0n) is 12.9. The van der Waals surface area contributed by atoms with Crippen LogP contribution in [0, 0.1) is 5.92 Å². The summed E-state index contributed by atoms with van der Waals surface area (Å²) >= 11 is 0. The third kappa shape index (κ3) is 4.64. The third-order valence-electron chi connectivity index (χ3n) is 2.88. The van der Waals surface area contributed by atoms with E-state index in [-0.39, 0.29) is 6.03 Å². The molecule has 0 fully saturated rings. The van der Waals surface area contributed by atoms with Crippen LogP contribution in [0.25, 0.3) is 0 Å². The minimum atomic E-state index is -0.0755. The molecule has 0 saturated carbocycles. The molecule has 1 aromatic carbocycles. The van der Waals surface area contributed by atoms with E-state index in [0.29, 0.717) is 30.5 Å². The molecule has 0 saturated heterocycles. The molecule has 0 spiro atoms. The van der Waals surface area contributed by atoms with Crippen molar-refractivity contribution in [3.05, 3.63) is 23.8 Å². The van der Waals surface area contributed by atoms with Gasteiger partial charge < -0.3 is 19.7 Å². The smallest absolute Gasteiger partial charge is 0.317 e. The Labute approximate surface area is 120 Å². The van der Waals surface area contributed by atoms with Gasteiger partial charge in [-0.25, -0.2) is 4.79 Å². The Bertz CT molecular complexity index is 447. The molecule has 0 unspecified atom stereocenters. The lowest BCUT2D eigenvalue weighted by Gasteiger charge is -2.19. The number of benzene rings is 1. The number of hydrogen-bond donors (Lipinski definition) is 1. The fourth-order valence-corrected chi connectivity index (χ4v) is 1.75. The van der Waals surface area contributed by atoms with Crippen LogP contribution in [-0.4, -0.2) is 38.7 Å². The predicted molar refractivity (Wildman–Crippen MR) is 79.2 cm³/mol. The van der Waals surface area contributed by atoms with Gasteiger partial charge in [-0.15, -0.1) is 0 Å². The van der Waals surface area contributed by atoms with Crippen LogP contribution in [0.4, 0.5) is 4.79 Å². The van der Waals surface area contributed by atoms with E-state index in [9.17, 15) is 4.79 Å². The van der Waals surface area contributed by atoms with Crippen molar-refractivity contribution < 1.29 is 14.3 Å². The van der Waals surface area contributed by atoms with Crippen molar-refractivity contribution >= 4 is 6.03 Å². The van der Waals surface area contributed by atoms with E-state index in [0.717, 1.165) is 5.56 Å². The minimum absolute atomic E-state index is 0.0755. The number of nitrogens with zero attached hydrogens (tertiary/aromatic N) is 1. The molecular formula is C15H24N2O3. The van der Waals surface area contributed by atoms with Crippen LogP contribution in [-0.2, 0) is 6.54 Å². The quantitative estimate of drug-likeness (QED) is 0.871. The predicted octanol–water partition coefficient (Wildman–Crippen LogP) is 2.50. The number of ether oxygens (including phenoxy) is 2. The lowest BCUT2D eigenvalue weighted by molar-refractivity contribution is 0.205. The first-order chi connectivity index (χ1) is 9.47. The summed E-state index contributed by atoms with van der Waals surface area (Å²) in [5, 5.41) is 2.88. The molecular weight excluding hydrogens is 256 g/mol. The van der Waals surface area contributed by atoms with Crippen LogP contribution in [0.1, 0.15) is 19.4 Å². The summed E-state index contributed by atoms with van der Waals surface area (Å²) in [6.07, 6.45) is 0. The van der Waals surface area contributed by atoms with E-state index in [1.54, 1.807) is 26.2 Å². The molecule has 0 bridgehead atoms. The number of urea groups is 1. The molecule has 2 amide bonds. The van der Waals surface area contributed by atoms with E-state index in [2.05, 4.69) is 19.2 Å². The van der Waals surface area contributed by atoms with Crippen molar-refractivity contribution in [2.45, 2.75) is 20.4 Å². The Morgan fingerprint density at radius 2 is 1.90 bits per heavy atom. The molecule has 20 heavy (non-hydrogen) atoms. The molecule has 0 radical (unpaired) electrons. The van der Waals surface area contributed by atoms with Gasteiger partial charge in [-0.1, -0.05) is 19.9 Å². The normalized spacial score (nSPS) is 10.3. The first kappa shape index (κ1) is 16.1. The number of hydrogen-bond acceptors (Lipinski definition) is 3. The SMILES string of the molecule is COc1ccc(CN(C)C(=O)NCC(C)C)cc1OC. The molecule has 112 valence electrons. The maximum Gasteiger partial charge on any atom is 0.317 e. The van der Waals surface area contributed by atoms with Crippen molar-refractivity contribution in [2.24, 2.45) is 5.92 Å². The van der Waals surface area contributed by atoms with E-state index >= 15 is 0 Å². The summed E-state index contributed by atoms with van der Waals surface area (Å²) in [4.78, 5) is 13.5. The number of methoxy groups -OCH3 is 2. The van der Waals surface area contributed by atoms with Gasteiger partial charge in [-0.2, -0.15) is 0 Å². The molecule has 1 N–H and O–H groups in total. The first-order valence-electron chi connectivity index (χ1n) is 6.67. The Kier molecular flexibility index (Phi) is 6.15. The second kappa shape index (κ2) is 7.62. The summed E-state index contributed by atoms with van der Waals surface area (Å²) in [6, 6.07) is 5.57. The second-order valence-electron chi connectivity index (χ2n) is 5.13. The van der Waals surface area contributed by atoms with Crippen molar-refractivity contribution in [3.8, 4) is 11.5 Å². The van der Waals surface area contributed by atoms with Crippen LogP contribution in [0.2, 0.25) is 0 Å². The Morgan fingerprint density at radius 1 is 1.25 bits per heavy atom. The topological polar surface area (TPSA) is 50.8 Å². The highest BCUT2D eigenvalue weighted by Crippen LogP contribution is 2.27. The summed E-state index contributed by atoms with van der Waals surface area (Å²) < 4.78 is 10.4. The van der Waals surface area contributed by atoms with Gasteiger partial charge in [0.25, 0.3) is 0 Å². The molecule has 0 aromatic heterocycles. The van der Waals surface area contributed by atoms with Gasteiger partial charge in [0.2, 0.25) is 0 Å². The van der Waals surface area contributed by atoms with Crippen LogP contribution in [0.3, 0.4) is 0 Å². The van der Waals surface area contributed by atoms with Gasteiger partial charge in [0.05, 0.1) is 14.2 Å². The monoisotopic (exact) mass is 280 g/mol.